The van der Waals surface area contributed by atoms with Crippen LogP contribution in [-0.4, -0.2) is 0 Å². The van der Waals surface area contributed by atoms with Crippen molar-refractivity contribution in [2.45, 2.75) is 84.0 Å². The zero-order valence-corrected chi connectivity index (χ0v) is 24.4. The maximum atomic E-state index is 15.3. The summed E-state index contributed by atoms with van der Waals surface area (Å²) in [6.07, 6.45) is 17.8. The Morgan fingerprint density at radius 2 is 1.46 bits per heavy atom. The average Bonchev–Trinajstić information content (AvgIpc) is 3.01. The quantitative estimate of drug-likeness (QED) is 0.218. The summed E-state index contributed by atoms with van der Waals surface area (Å²) < 4.78 is 44.7. The van der Waals surface area contributed by atoms with Crippen LogP contribution in [0.4, 0.5) is 13.2 Å². The summed E-state index contributed by atoms with van der Waals surface area (Å²) in [6.45, 7) is 5.90. The summed E-state index contributed by atoms with van der Waals surface area (Å²) in [5, 5.41) is 0. The molecule has 3 aromatic rings. The summed E-state index contributed by atoms with van der Waals surface area (Å²) in [5.41, 5.74) is 4.68. The van der Waals surface area contributed by atoms with Crippen LogP contribution in [-0.2, 0) is 6.42 Å². The molecule has 0 radical (unpaired) electrons. The van der Waals surface area contributed by atoms with Gasteiger partial charge in [-0.2, -0.15) is 0 Å². The molecule has 0 aliphatic heterocycles. The second-order valence-electron chi connectivity index (χ2n) is 12.2. The highest BCUT2D eigenvalue weighted by Crippen LogP contribution is 2.42. The van der Waals surface area contributed by atoms with Crippen LogP contribution in [0, 0.1) is 35.2 Å². The van der Waals surface area contributed by atoms with E-state index in [2.05, 4.69) is 12.7 Å². The van der Waals surface area contributed by atoms with Gasteiger partial charge in [0, 0.05) is 11.1 Å². The molecule has 1 atom stereocenters. The number of allylic oxidation sites excluding steroid dienone is 3. The monoisotopic (exact) mass is 556 g/mol. The SMILES string of the molecule is C=CCCC1CCC(C2CC=C(c3ccc(-c4ccc(-c5ccc(CCCC)c(F)c5F)cc4)c(F)c3)CC2)CC1. The average molecular weight is 557 g/mol. The number of unbranched alkanes of at least 4 members (excludes halogenated alkanes) is 1. The summed E-state index contributed by atoms with van der Waals surface area (Å²) in [5.74, 6) is 0.625. The van der Waals surface area contributed by atoms with Crippen molar-refractivity contribution in [1.29, 1.82) is 0 Å². The molecular formula is C38H43F3. The Morgan fingerprint density at radius 3 is 2.10 bits per heavy atom. The molecule has 2 aliphatic rings. The lowest BCUT2D eigenvalue weighted by Gasteiger charge is -2.35. The Bertz CT molecular complexity index is 1360. The summed E-state index contributed by atoms with van der Waals surface area (Å²) in [6, 6.07) is 15.9. The molecule has 0 N–H and O–H groups in total. The highest BCUT2D eigenvalue weighted by molar-refractivity contribution is 5.74. The van der Waals surface area contributed by atoms with Crippen molar-refractivity contribution in [3.05, 3.63) is 102 Å². The normalized spacial score (nSPS) is 21.0. The van der Waals surface area contributed by atoms with Gasteiger partial charge in [-0.15, -0.1) is 6.58 Å². The first-order valence-corrected chi connectivity index (χ1v) is 15.7. The zero-order valence-electron chi connectivity index (χ0n) is 24.4. The van der Waals surface area contributed by atoms with E-state index in [-0.39, 0.29) is 11.4 Å². The molecule has 0 amide bonds. The first-order chi connectivity index (χ1) is 20.0. The predicted molar refractivity (Wildman–Crippen MR) is 166 cm³/mol. The standard InChI is InChI=1S/C38H43F3/c1-3-5-7-26-9-11-27(12-10-26)28-13-15-29(16-14-28)33-22-23-34(36(39)25-33)30-17-19-31(20-18-30)35-24-21-32(8-6-4-2)37(40)38(35)41/h3,15,17-28H,1,4-14,16H2,2H3. The fourth-order valence-electron chi connectivity index (χ4n) is 7.00. The van der Waals surface area contributed by atoms with Crippen molar-refractivity contribution in [2.75, 3.05) is 0 Å². The van der Waals surface area contributed by atoms with Crippen LogP contribution in [0.2, 0.25) is 0 Å². The number of halogens is 3. The molecule has 0 saturated heterocycles. The highest BCUT2D eigenvalue weighted by atomic mass is 19.2. The minimum Gasteiger partial charge on any atom is -0.206 e. The smallest absolute Gasteiger partial charge is 0.166 e. The van der Waals surface area contributed by atoms with Gasteiger partial charge in [0.05, 0.1) is 0 Å². The van der Waals surface area contributed by atoms with Crippen molar-refractivity contribution in [3.63, 3.8) is 0 Å². The van der Waals surface area contributed by atoms with Gasteiger partial charge in [-0.1, -0.05) is 86.9 Å². The molecule has 5 rings (SSSR count). The van der Waals surface area contributed by atoms with Crippen molar-refractivity contribution in [2.24, 2.45) is 17.8 Å². The molecular weight excluding hydrogens is 513 g/mol. The molecule has 3 aromatic carbocycles. The van der Waals surface area contributed by atoms with E-state index in [0.717, 1.165) is 61.0 Å². The van der Waals surface area contributed by atoms with Crippen molar-refractivity contribution >= 4 is 5.57 Å². The number of aryl methyl sites for hydroxylation is 1. The van der Waals surface area contributed by atoms with E-state index in [1.165, 1.54) is 44.1 Å². The van der Waals surface area contributed by atoms with E-state index in [1.54, 1.807) is 42.5 Å². The second kappa shape index (κ2) is 13.7. The first kappa shape index (κ1) is 29.4. The third-order valence-corrected chi connectivity index (χ3v) is 9.60. The first-order valence-electron chi connectivity index (χ1n) is 15.7. The minimum atomic E-state index is -0.818. The number of rotatable bonds is 10. The molecule has 41 heavy (non-hydrogen) atoms. The van der Waals surface area contributed by atoms with Gasteiger partial charge in [-0.05, 0) is 109 Å². The number of hydrogen-bond donors (Lipinski definition) is 0. The number of benzene rings is 3. The van der Waals surface area contributed by atoms with E-state index >= 15 is 4.39 Å². The third kappa shape index (κ3) is 6.88. The maximum Gasteiger partial charge on any atom is 0.166 e. The van der Waals surface area contributed by atoms with Gasteiger partial charge in [0.25, 0.3) is 0 Å². The van der Waals surface area contributed by atoms with E-state index < -0.39 is 11.6 Å². The zero-order chi connectivity index (χ0) is 28.8. The summed E-state index contributed by atoms with van der Waals surface area (Å²) in [7, 11) is 0. The van der Waals surface area contributed by atoms with E-state index in [0.29, 0.717) is 23.1 Å². The minimum absolute atomic E-state index is 0.230. The topological polar surface area (TPSA) is 0 Å². The van der Waals surface area contributed by atoms with Gasteiger partial charge in [-0.3, -0.25) is 0 Å². The fourth-order valence-corrected chi connectivity index (χ4v) is 7.00. The molecule has 2 aliphatic carbocycles. The largest absolute Gasteiger partial charge is 0.206 e. The van der Waals surface area contributed by atoms with E-state index in [4.69, 9.17) is 0 Å². The Morgan fingerprint density at radius 1 is 0.780 bits per heavy atom. The third-order valence-electron chi connectivity index (χ3n) is 9.60. The van der Waals surface area contributed by atoms with Gasteiger partial charge in [-0.25, -0.2) is 13.2 Å². The van der Waals surface area contributed by atoms with Gasteiger partial charge in [0.1, 0.15) is 5.82 Å². The predicted octanol–water partition coefficient (Wildman–Crippen LogP) is 11.7. The van der Waals surface area contributed by atoms with E-state index in [9.17, 15) is 8.78 Å². The molecule has 0 bridgehead atoms. The van der Waals surface area contributed by atoms with Crippen molar-refractivity contribution in [3.8, 4) is 22.3 Å². The fraction of sp³-hybridized carbons (Fsp3) is 0.421. The Hall–Kier alpha value is -3.07. The molecule has 1 fully saturated rings. The second-order valence-corrected chi connectivity index (χ2v) is 12.2. The van der Waals surface area contributed by atoms with Gasteiger partial charge in [0.15, 0.2) is 11.6 Å². The molecule has 3 heteroatoms. The summed E-state index contributed by atoms with van der Waals surface area (Å²) in [4.78, 5) is 0. The van der Waals surface area contributed by atoms with Crippen LogP contribution in [0.5, 0.6) is 0 Å². The summed E-state index contributed by atoms with van der Waals surface area (Å²) >= 11 is 0. The van der Waals surface area contributed by atoms with Crippen LogP contribution in [0.1, 0.15) is 88.7 Å². The molecule has 0 aromatic heterocycles. The molecule has 0 nitrogen and oxygen atoms in total. The van der Waals surface area contributed by atoms with Crippen LogP contribution in [0.25, 0.3) is 27.8 Å². The van der Waals surface area contributed by atoms with Gasteiger partial charge >= 0.3 is 0 Å². The Labute approximate surface area is 244 Å². The molecule has 216 valence electrons. The highest BCUT2D eigenvalue weighted by Gasteiger charge is 2.28. The van der Waals surface area contributed by atoms with Crippen LogP contribution in [0.15, 0.2) is 73.3 Å². The van der Waals surface area contributed by atoms with Crippen LogP contribution < -0.4 is 0 Å². The Kier molecular flexibility index (Phi) is 9.85. The van der Waals surface area contributed by atoms with Crippen LogP contribution in [0.3, 0.4) is 0 Å². The molecule has 1 saturated carbocycles. The van der Waals surface area contributed by atoms with Crippen molar-refractivity contribution < 1.29 is 13.2 Å². The molecule has 0 spiro atoms. The molecule has 0 heterocycles. The lowest BCUT2D eigenvalue weighted by molar-refractivity contribution is 0.190. The molecule has 1 unspecified atom stereocenters. The van der Waals surface area contributed by atoms with Crippen molar-refractivity contribution in [1.82, 2.24) is 0 Å². The Balaban J connectivity index is 1.23. The van der Waals surface area contributed by atoms with Crippen LogP contribution >= 0.6 is 0 Å². The lowest BCUT2D eigenvalue weighted by Crippen LogP contribution is -2.23. The maximum absolute atomic E-state index is 15.3. The number of hydrogen-bond acceptors (Lipinski definition) is 0. The van der Waals surface area contributed by atoms with Gasteiger partial charge in [0.2, 0.25) is 0 Å². The lowest BCUT2D eigenvalue weighted by atomic mass is 9.70. The van der Waals surface area contributed by atoms with E-state index in [1.807, 2.05) is 25.1 Å². The van der Waals surface area contributed by atoms with Gasteiger partial charge < -0.3 is 0 Å².